The maximum atomic E-state index is 6.83. The van der Waals surface area contributed by atoms with Crippen molar-refractivity contribution in [3.05, 3.63) is 206 Å². The van der Waals surface area contributed by atoms with Gasteiger partial charge in [-0.05, 0) is 76.9 Å². The average molecular weight is 819 g/mol. The first kappa shape index (κ1) is 34.9. The minimum atomic E-state index is 0.550. The van der Waals surface area contributed by atoms with E-state index in [0.717, 1.165) is 105 Å². The molecular formula is C58H34N4O2. The van der Waals surface area contributed by atoms with E-state index in [0.29, 0.717) is 11.5 Å². The molecule has 0 saturated carbocycles. The van der Waals surface area contributed by atoms with E-state index >= 15 is 0 Å². The van der Waals surface area contributed by atoms with Gasteiger partial charge in [0.25, 0.3) is 0 Å². The fourth-order valence-corrected chi connectivity index (χ4v) is 10.1. The molecule has 0 radical (unpaired) electrons. The Morgan fingerprint density at radius 3 is 1.78 bits per heavy atom. The molecule has 9 aromatic carbocycles. The van der Waals surface area contributed by atoms with E-state index < -0.39 is 0 Å². The summed E-state index contributed by atoms with van der Waals surface area (Å²) in [5.41, 5.74) is 15.2. The third kappa shape index (κ3) is 5.02. The van der Waals surface area contributed by atoms with Crippen molar-refractivity contribution in [2.24, 2.45) is 0 Å². The fraction of sp³-hybridized carbons (Fsp3) is 0. The maximum absolute atomic E-state index is 6.83. The third-order valence-electron chi connectivity index (χ3n) is 12.9. The van der Waals surface area contributed by atoms with Crippen LogP contribution in [-0.2, 0) is 0 Å². The molecule has 0 N–H and O–H groups in total. The first-order valence-electron chi connectivity index (χ1n) is 21.6. The minimum absolute atomic E-state index is 0.550. The first-order chi connectivity index (χ1) is 31.7. The second-order valence-electron chi connectivity index (χ2n) is 16.5. The highest BCUT2D eigenvalue weighted by atomic mass is 16.3. The maximum Gasteiger partial charge on any atom is 0.236 e. The van der Waals surface area contributed by atoms with Gasteiger partial charge in [-0.1, -0.05) is 152 Å². The Balaban J connectivity index is 1.12. The molecular weight excluding hydrogens is 785 g/mol. The van der Waals surface area contributed by atoms with Crippen LogP contribution in [0.3, 0.4) is 0 Å². The number of nitrogens with zero attached hydrogens (tertiary/aromatic N) is 4. The van der Waals surface area contributed by atoms with Gasteiger partial charge in [0.05, 0.1) is 27.5 Å². The van der Waals surface area contributed by atoms with Crippen LogP contribution < -0.4 is 0 Å². The molecule has 5 heterocycles. The van der Waals surface area contributed by atoms with E-state index in [4.69, 9.17) is 18.8 Å². The normalized spacial score (nSPS) is 12.1. The smallest absolute Gasteiger partial charge is 0.236 e. The Kier molecular flexibility index (Phi) is 7.30. The van der Waals surface area contributed by atoms with E-state index in [-0.39, 0.29) is 0 Å². The Morgan fingerprint density at radius 1 is 0.359 bits per heavy atom. The molecule has 5 aromatic heterocycles. The van der Waals surface area contributed by atoms with Crippen molar-refractivity contribution in [1.29, 1.82) is 0 Å². The first-order valence-corrected chi connectivity index (χ1v) is 21.6. The molecule has 0 aliphatic heterocycles. The largest absolute Gasteiger partial charge is 0.456 e. The van der Waals surface area contributed by atoms with E-state index in [2.05, 4.69) is 185 Å². The Morgan fingerprint density at radius 2 is 0.984 bits per heavy atom. The van der Waals surface area contributed by atoms with E-state index in [1.807, 2.05) is 30.3 Å². The van der Waals surface area contributed by atoms with Crippen molar-refractivity contribution in [2.45, 2.75) is 0 Å². The lowest BCUT2D eigenvalue weighted by Gasteiger charge is -2.12. The molecule has 0 aliphatic rings. The average Bonchev–Trinajstić information content (AvgIpc) is 4.11. The zero-order valence-corrected chi connectivity index (χ0v) is 34.2. The molecule has 0 unspecified atom stereocenters. The van der Waals surface area contributed by atoms with Gasteiger partial charge in [-0.15, -0.1) is 0 Å². The minimum Gasteiger partial charge on any atom is -0.456 e. The summed E-state index contributed by atoms with van der Waals surface area (Å²) < 4.78 is 18.2. The molecule has 0 bridgehead atoms. The predicted molar refractivity (Wildman–Crippen MR) is 262 cm³/mol. The van der Waals surface area contributed by atoms with Crippen LogP contribution in [0.2, 0.25) is 0 Å². The van der Waals surface area contributed by atoms with E-state index in [1.165, 1.54) is 16.3 Å². The number of aromatic nitrogens is 4. The number of fused-ring (bicyclic) bond motifs is 13. The summed E-state index contributed by atoms with van der Waals surface area (Å²) in [7, 11) is 0. The SMILES string of the molecule is c1ccc(-c2ccc3oc4c(-c5ccccc5)nc(-n5c6ccccc6c6c(-c7ccc8c9ccccc9n(-c9ccccc9)c8c7)cc7oc8ccccc8c7c65)nc4c3c2)cc1. The number of rotatable bonds is 5. The summed E-state index contributed by atoms with van der Waals surface area (Å²) in [6.07, 6.45) is 0. The molecule has 298 valence electrons. The lowest BCUT2D eigenvalue weighted by Crippen LogP contribution is -2.03. The van der Waals surface area contributed by atoms with Crippen molar-refractivity contribution >= 4 is 87.6 Å². The van der Waals surface area contributed by atoms with Crippen molar-refractivity contribution in [2.75, 3.05) is 0 Å². The van der Waals surface area contributed by atoms with Gasteiger partial charge in [-0.2, -0.15) is 0 Å². The van der Waals surface area contributed by atoms with Gasteiger partial charge in [-0.3, -0.25) is 4.57 Å². The fourth-order valence-electron chi connectivity index (χ4n) is 10.1. The molecule has 6 heteroatoms. The molecule has 0 atom stereocenters. The molecule has 14 rings (SSSR count). The summed E-state index contributed by atoms with van der Waals surface area (Å²) >= 11 is 0. The molecule has 14 aromatic rings. The summed E-state index contributed by atoms with van der Waals surface area (Å²) in [5, 5.41) is 7.58. The Labute approximate surface area is 365 Å². The Hall–Kier alpha value is -8.74. The van der Waals surface area contributed by atoms with Crippen LogP contribution in [-0.4, -0.2) is 19.1 Å². The van der Waals surface area contributed by atoms with Crippen LogP contribution in [0.15, 0.2) is 215 Å². The van der Waals surface area contributed by atoms with Gasteiger partial charge in [0, 0.05) is 43.6 Å². The number of hydrogen-bond acceptors (Lipinski definition) is 4. The molecule has 64 heavy (non-hydrogen) atoms. The number of para-hydroxylation sites is 4. The lowest BCUT2D eigenvalue weighted by molar-refractivity contribution is 0.666. The molecule has 0 aliphatic carbocycles. The third-order valence-corrected chi connectivity index (χ3v) is 12.9. The summed E-state index contributed by atoms with van der Waals surface area (Å²) in [6.45, 7) is 0. The van der Waals surface area contributed by atoms with Crippen LogP contribution in [0.25, 0.3) is 133 Å². The predicted octanol–water partition coefficient (Wildman–Crippen LogP) is 15.5. The molecule has 0 amide bonds. The van der Waals surface area contributed by atoms with Crippen LogP contribution in [0.5, 0.6) is 0 Å². The highest BCUT2D eigenvalue weighted by Gasteiger charge is 2.26. The van der Waals surface area contributed by atoms with E-state index in [9.17, 15) is 0 Å². The van der Waals surface area contributed by atoms with Crippen LogP contribution >= 0.6 is 0 Å². The van der Waals surface area contributed by atoms with Crippen LogP contribution in [0, 0.1) is 0 Å². The molecule has 0 saturated heterocycles. The van der Waals surface area contributed by atoms with Crippen LogP contribution in [0.4, 0.5) is 0 Å². The van der Waals surface area contributed by atoms with Gasteiger partial charge < -0.3 is 13.4 Å². The standard InChI is InChI=1S/C58H34N4O2/c1-4-16-35(17-5-1)37-29-31-50-45(32-37)55-57(64-50)54(36-18-6-2-7-19-36)59-58(60-55)62-47-26-14-11-23-42(47)52-44(34-51-53(56(52)62)43-24-12-15-27-49(43)63-51)38-28-30-41-40-22-10-13-25-46(40)61(48(41)33-38)39-20-8-3-9-21-39/h1-34H. The van der Waals surface area contributed by atoms with Gasteiger partial charge >= 0.3 is 0 Å². The lowest BCUT2D eigenvalue weighted by atomic mass is 9.96. The number of furan rings is 2. The second kappa shape index (κ2) is 13.4. The summed E-state index contributed by atoms with van der Waals surface area (Å²) in [6, 6.07) is 72.4. The zero-order valence-electron chi connectivity index (χ0n) is 34.2. The van der Waals surface area contributed by atoms with Gasteiger partial charge in [0.15, 0.2) is 5.58 Å². The highest BCUT2D eigenvalue weighted by molar-refractivity contribution is 6.29. The van der Waals surface area contributed by atoms with E-state index in [1.54, 1.807) is 0 Å². The Bertz CT molecular complexity index is 4180. The number of benzene rings is 9. The van der Waals surface area contributed by atoms with Crippen molar-refractivity contribution < 1.29 is 8.83 Å². The molecule has 6 nitrogen and oxygen atoms in total. The molecule has 0 fully saturated rings. The quantitative estimate of drug-likeness (QED) is 0.174. The number of hydrogen-bond donors (Lipinski definition) is 0. The van der Waals surface area contributed by atoms with Gasteiger partial charge in [0.1, 0.15) is 28.0 Å². The van der Waals surface area contributed by atoms with Crippen molar-refractivity contribution in [1.82, 2.24) is 19.1 Å². The monoisotopic (exact) mass is 818 g/mol. The molecule has 0 spiro atoms. The second-order valence-corrected chi connectivity index (χ2v) is 16.5. The zero-order chi connectivity index (χ0) is 41.9. The van der Waals surface area contributed by atoms with Crippen molar-refractivity contribution in [3.8, 4) is 45.1 Å². The van der Waals surface area contributed by atoms with Crippen LogP contribution in [0.1, 0.15) is 0 Å². The topological polar surface area (TPSA) is 61.9 Å². The van der Waals surface area contributed by atoms with Gasteiger partial charge in [-0.25, -0.2) is 9.97 Å². The highest BCUT2D eigenvalue weighted by Crippen LogP contribution is 2.47. The summed E-state index contributed by atoms with van der Waals surface area (Å²) in [5.74, 6) is 0.550. The van der Waals surface area contributed by atoms with Crippen molar-refractivity contribution in [3.63, 3.8) is 0 Å². The van der Waals surface area contributed by atoms with Gasteiger partial charge in [0.2, 0.25) is 5.95 Å². The summed E-state index contributed by atoms with van der Waals surface area (Å²) in [4.78, 5) is 11.0.